The molecule has 4 aromatic rings. The van der Waals surface area contributed by atoms with Crippen LogP contribution >= 0.6 is 0 Å². The van der Waals surface area contributed by atoms with Gasteiger partial charge in [0.1, 0.15) is 28.5 Å². The molecule has 200 valence electrons. The monoisotopic (exact) mass is 539 g/mol. The van der Waals surface area contributed by atoms with Crippen molar-refractivity contribution in [2.24, 2.45) is 0 Å². The lowest BCUT2D eigenvalue weighted by molar-refractivity contribution is 0.0557. The van der Waals surface area contributed by atoms with Crippen molar-refractivity contribution >= 4 is 16.0 Å². The number of sulfonamides is 1. The van der Waals surface area contributed by atoms with Crippen molar-refractivity contribution in [3.8, 4) is 28.6 Å². The van der Waals surface area contributed by atoms with Gasteiger partial charge in [-0.25, -0.2) is 18.4 Å². The minimum absolute atomic E-state index is 0.0708. The minimum atomic E-state index is -4.11. The summed E-state index contributed by atoms with van der Waals surface area (Å²) in [4.78, 5) is 12.7. The molecule has 0 radical (unpaired) electrons. The van der Waals surface area contributed by atoms with Gasteiger partial charge >= 0.3 is 0 Å². The number of anilines is 1. The highest BCUT2D eigenvalue weighted by Crippen LogP contribution is 2.38. The number of hydrogen-bond donors (Lipinski definition) is 1. The Morgan fingerprint density at radius 2 is 1.68 bits per heavy atom. The molecular weight excluding hydrogens is 510 g/mol. The standard InChI is InChI=1S/C25H29N7O5S/c1-6-37-22(23-27-13-16(2)14-28-23)17(3)38(33,34)31-25-30-29-24(18-9-8-12-26-15-18)32(25)21-19(35-4)10-7-11-20(21)36-5/h7-15,17,22H,6H2,1-5H3,(H,30,31)/t17-,22-/m0/s1. The second-order valence-corrected chi connectivity index (χ2v) is 10.3. The maximum absolute atomic E-state index is 13.7. The Labute approximate surface area is 221 Å². The maximum Gasteiger partial charge on any atom is 0.243 e. The molecule has 38 heavy (non-hydrogen) atoms. The summed E-state index contributed by atoms with van der Waals surface area (Å²) in [5.41, 5.74) is 1.86. The highest BCUT2D eigenvalue weighted by atomic mass is 32.2. The molecule has 0 bridgehead atoms. The molecule has 3 heterocycles. The molecule has 0 unspecified atom stereocenters. The average Bonchev–Trinajstić information content (AvgIpc) is 3.34. The molecule has 2 atom stereocenters. The molecule has 4 rings (SSSR count). The molecule has 13 heteroatoms. The first-order valence-electron chi connectivity index (χ1n) is 11.8. The highest BCUT2D eigenvalue weighted by Gasteiger charge is 2.35. The summed E-state index contributed by atoms with van der Waals surface area (Å²) in [5.74, 6) is 1.36. The second-order valence-electron chi connectivity index (χ2n) is 8.28. The first kappa shape index (κ1) is 26.9. The van der Waals surface area contributed by atoms with Crippen molar-refractivity contribution in [3.63, 3.8) is 0 Å². The SMILES string of the molecule is CCO[C@H](c1ncc(C)cn1)[C@H](C)S(=O)(=O)Nc1nnc(-c2cccnc2)n1-c1c(OC)cccc1OC. The van der Waals surface area contributed by atoms with E-state index >= 15 is 0 Å². The summed E-state index contributed by atoms with van der Waals surface area (Å²) < 4.78 is 48.5. The van der Waals surface area contributed by atoms with Crippen molar-refractivity contribution in [2.75, 3.05) is 25.5 Å². The van der Waals surface area contributed by atoms with E-state index in [1.165, 1.54) is 25.7 Å². The minimum Gasteiger partial charge on any atom is -0.494 e. The molecule has 0 aliphatic rings. The number of pyridine rings is 1. The van der Waals surface area contributed by atoms with Gasteiger partial charge in [-0.15, -0.1) is 10.2 Å². The van der Waals surface area contributed by atoms with Crippen molar-refractivity contribution in [1.82, 2.24) is 29.7 Å². The van der Waals surface area contributed by atoms with Crippen molar-refractivity contribution < 1.29 is 22.6 Å². The summed E-state index contributed by atoms with van der Waals surface area (Å²) >= 11 is 0. The Kier molecular flexibility index (Phi) is 8.17. The highest BCUT2D eigenvalue weighted by molar-refractivity contribution is 7.93. The number of hydrogen-bond acceptors (Lipinski definition) is 10. The maximum atomic E-state index is 13.7. The van der Waals surface area contributed by atoms with Gasteiger partial charge in [0.2, 0.25) is 16.0 Å². The molecule has 0 fully saturated rings. The lowest BCUT2D eigenvalue weighted by atomic mass is 10.2. The number of benzene rings is 1. The molecule has 0 saturated heterocycles. The first-order chi connectivity index (χ1) is 18.3. The van der Waals surface area contributed by atoms with Crippen LogP contribution in [0.1, 0.15) is 31.3 Å². The predicted molar refractivity (Wildman–Crippen MR) is 141 cm³/mol. The van der Waals surface area contributed by atoms with E-state index in [0.717, 1.165) is 5.56 Å². The molecule has 0 saturated carbocycles. The molecule has 12 nitrogen and oxygen atoms in total. The predicted octanol–water partition coefficient (Wildman–Crippen LogP) is 3.35. The number of nitrogens with one attached hydrogen (secondary N) is 1. The largest absolute Gasteiger partial charge is 0.494 e. The lowest BCUT2D eigenvalue weighted by Gasteiger charge is -2.23. The van der Waals surface area contributed by atoms with Crippen molar-refractivity contribution in [1.29, 1.82) is 0 Å². The van der Waals surface area contributed by atoms with Gasteiger partial charge in [0.15, 0.2) is 11.6 Å². The van der Waals surface area contributed by atoms with Crippen molar-refractivity contribution in [3.05, 3.63) is 66.5 Å². The summed E-state index contributed by atoms with van der Waals surface area (Å²) in [5, 5.41) is 7.39. The Morgan fingerprint density at radius 3 is 2.26 bits per heavy atom. The topological polar surface area (TPSA) is 143 Å². The van der Waals surface area contributed by atoms with E-state index in [1.54, 1.807) is 62.0 Å². The molecule has 0 spiro atoms. The first-order valence-corrected chi connectivity index (χ1v) is 13.3. The van der Waals surface area contributed by atoms with Gasteiger partial charge in [-0.2, -0.15) is 0 Å². The molecule has 0 aliphatic heterocycles. The van der Waals surface area contributed by atoms with Gasteiger partial charge in [-0.1, -0.05) is 6.07 Å². The smallest absolute Gasteiger partial charge is 0.243 e. The van der Waals surface area contributed by atoms with E-state index in [1.807, 2.05) is 6.92 Å². The van der Waals surface area contributed by atoms with Crippen LogP contribution in [0.25, 0.3) is 17.1 Å². The summed E-state index contributed by atoms with van der Waals surface area (Å²) in [6.45, 7) is 5.42. The van der Waals surface area contributed by atoms with Gasteiger partial charge in [-0.05, 0) is 50.6 Å². The van der Waals surface area contributed by atoms with Gasteiger partial charge in [0.05, 0.1) is 14.2 Å². The van der Waals surface area contributed by atoms with E-state index in [2.05, 4.69) is 29.9 Å². The van der Waals surface area contributed by atoms with Crippen LogP contribution in [0.3, 0.4) is 0 Å². The van der Waals surface area contributed by atoms with Gasteiger partial charge in [-0.3, -0.25) is 14.3 Å². The third-order valence-corrected chi connectivity index (χ3v) is 7.45. The number of aromatic nitrogens is 6. The third kappa shape index (κ3) is 5.43. The van der Waals surface area contributed by atoms with Crippen LogP contribution in [0, 0.1) is 6.92 Å². The van der Waals surface area contributed by atoms with Crippen LogP contribution in [0.4, 0.5) is 5.95 Å². The average molecular weight is 540 g/mol. The van der Waals surface area contributed by atoms with Gasteiger partial charge < -0.3 is 14.2 Å². The molecule has 1 aromatic carbocycles. The fourth-order valence-electron chi connectivity index (χ4n) is 3.83. The Balaban J connectivity index is 1.83. The number of ether oxygens (including phenoxy) is 3. The number of rotatable bonds is 11. The zero-order valence-corrected chi connectivity index (χ0v) is 22.5. The van der Waals surface area contributed by atoms with Crippen LogP contribution in [0.2, 0.25) is 0 Å². The quantitative estimate of drug-likeness (QED) is 0.301. The summed E-state index contributed by atoms with van der Waals surface area (Å²) in [7, 11) is -1.09. The van der Waals surface area contributed by atoms with E-state index < -0.39 is 21.4 Å². The number of methoxy groups -OCH3 is 2. The Bertz CT molecular complexity index is 1460. The Morgan fingerprint density at radius 1 is 1.00 bits per heavy atom. The molecular formula is C25H29N7O5S. The van der Waals surface area contributed by atoms with Crippen LogP contribution in [0.15, 0.2) is 55.1 Å². The molecule has 0 aliphatic carbocycles. The second kappa shape index (κ2) is 11.5. The van der Waals surface area contributed by atoms with E-state index in [9.17, 15) is 8.42 Å². The third-order valence-electron chi connectivity index (χ3n) is 5.76. The van der Waals surface area contributed by atoms with Crippen LogP contribution < -0.4 is 14.2 Å². The fraction of sp³-hybridized carbons (Fsp3) is 0.320. The van der Waals surface area contributed by atoms with Crippen LogP contribution in [-0.2, 0) is 14.8 Å². The van der Waals surface area contributed by atoms with Crippen molar-refractivity contribution in [2.45, 2.75) is 32.1 Å². The van der Waals surface area contributed by atoms with E-state index in [0.29, 0.717) is 28.6 Å². The van der Waals surface area contributed by atoms with E-state index in [-0.39, 0.29) is 18.4 Å². The number of nitrogens with zero attached hydrogens (tertiary/aromatic N) is 6. The van der Waals surface area contributed by atoms with E-state index in [4.69, 9.17) is 14.2 Å². The molecule has 3 aromatic heterocycles. The van der Waals surface area contributed by atoms with Crippen LogP contribution in [-0.4, -0.2) is 64.2 Å². The lowest BCUT2D eigenvalue weighted by Crippen LogP contribution is -2.34. The fourth-order valence-corrected chi connectivity index (χ4v) is 4.93. The van der Waals surface area contributed by atoms with Crippen LogP contribution in [0.5, 0.6) is 11.5 Å². The normalized spacial score (nSPS) is 13.1. The Hall–Kier alpha value is -4.10. The number of aryl methyl sites for hydroxylation is 1. The van der Waals surface area contributed by atoms with Gasteiger partial charge in [0.25, 0.3) is 0 Å². The van der Waals surface area contributed by atoms with Gasteiger partial charge in [0, 0.05) is 37.0 Å². The summed E-state index contributed by atoms with van der Waals surface area (Å²) in [6.07, 6.45) is 5.54. The molecule has 0 amide bonds. The summed E-state index contributed by atoms with van der Waals surface area (Å²) in [6, 6.07) is 8.75. The zero-order chi connectivity index (χ0) is 27.3. The molecule has 1 N–H and O–H groups in total. The zero-order valence-electron chi connectivity index (χ0n) is 21.7. The number of para-hydroxylation sites is 1.